The van der Waals surface area contributed by atoms with Crippen LogP contribution in [0.25, 0.3) is 0 Å². The lowest BCUT2D eigenvalue weighted by Crippen LogP contribution is -2.39. The number of carboxylic acid groups (broad SMARTS) is 1. The number of nitrogens with zero attached hydrogens (tertiary/aromatic N) is 1. The molecule has 1 rings (SSSR count). The van der Waals surface area contributed by atoms with Crippen molar-refractivity contribution < 1.29 is 19.5 Å². The van der Waals surface area contributed by atoms with Crippen LogP contribution >= 0.6 is 27.7 Å². The van der Waals surface area contributed by atoms with Crippen LogP contribution < -0.4 is 5.73 Å². The van der Waals surface area contributed by atoms with Gasteiger partial charge in [0.15, 0.2) is 0 Å². The maximum Gasteiger partial charge on any atom is 0.313 e. The van der Waals surface area contributed by atoms with Gasteiger partial charge in [0.25, 0.3) is 0 Å². The summed E-state index contributed by atoms with van der Waals surface area (Å²) in [6.45, 7) is 0.0607. The molecule has 21 heavy (non-hydrogen) atoms. The van der Waals surface area contributed by atoms with Crippen LogP contribution in [0.15, 0.2) is 28.7 Å². The Labute approximate surface area is 134 Å². The van der Waals surface area contributed by atoms with Gasteiger partial charge in [0.1, 0.15) is 0 Å². The van der Waals surface area contributed by atoms with Crippen LogP contribution in [-0.2, 0) is 20.9 Å². The number of carbonyl (C=O) groups excluding carboxylic acids is 2. The van der Waals surface area contributed by atoms with Gasteiger partial charge in [-0.05, 0) is 17.7 Å². The van der Waals surface area contributed by atoms with Crippen molar-refractivity contribution in [2.45, 2.75) is 6.54 Å². The van der Waals surface area contributed by atoms with Gasteiger partial charge in [-0.2, -0.15) is 0 Å². The molecule has 0 bridgehead atoms. The van der Waals surface area contributed by atoms with Crippen molar-refractivity contribution in [3.8, 4) is 0 Å². The highest BCUT2D eigenvalue weighted by molar-refractivity contribution is 9.10. The minimum atomic E-state index is -0.984. The summed E-state index contributed by atoms with van der Waals surface area (Å²) < 4.78 is 0.913. The van der Waals surface area contributed by atoms with Gasteiger partial charge in [-0.1, -0.05) is 28.1 Å². The molecule has 0 saturated carbocycles. The monoisotopic (exact) mass is 374 g/mol. The summed E-state index contributed by atoms with van der Waals surface area (Å²) in [5.41, 5.74) is 6.00. The highest BCUT2D eigenvalue weighted by Gasteiger charge is 2.16. The zero-order valence-electron chi connectivity index (χ0n) is 11.1. The number of nitrogens with two attached hydrogens (primary N) is 1. The Morgan fingerprint density at radius 1 is 1.19 bits per heavy atom. The van der Waals surface area contributed by atoms with E-state index in [0.29, 0.717) is 0 Å². The summed E-state index contributed by atoms with van der Waals surface area (Å²) in [4.78, 5) is 34.8. The van der Waals surface area contributed by atoms with Crippen LogP contribution in [0.2, 0.25) is 0 Å². The largest absolute Gasteiger partial charge is 0.481 e. The SMILES string of the molecule is NC(=O)CN(Cc1ccc(Br)cc1)C(=O)CSCC(=O)O. The van der Waals surface area contributed by atoms with Crippen molar-refractivity contribution in [2.24, 2.45) is 5.73 Å². The standard InChI is InChI=1S/C13H15BrN2O4S/c14-10-3-1-9(2-4-10)5-16(6-11(15)17)12(18)7-21-8-13(19)20/h1-4H,5-8H2,(H2,15,17)(H,19,20). The van der Waals surface area contributed by atoms with Crippen LogP contribution in [-0.4, -0.2) is 45.8 Å². The van der Waals surface area contributed by atoms with Crippen LogP contribution in [0.3, 0.4) is 0 Å². The minimum Gasteiger partial charge on any atom is -0.481 e. The number of carbonyl (C=O) groups is 3. The molecular weight excluding hydrogens is 360 g/mol. The highest BCUT2D eigenvalue weighted by Crippen LogP contribution is 2.13. The first-order valence-corrected chi connectivity index (χ1v) is 7.93. The number of benzene rings is 1. The zero-order chi connectivity index (χ0) is 15.8. The van der Waals surface area contributed by atoms with Gasteiger partial charge in [0.05, 0.1) is 18.1 Å². The Balaban J connectivity index is 2.65. The van der Waals surface area contributed by atoms with Gasteiger partial charge in [-0.3, -0.25) is 14.4 Å². The van der Waals surface area contributed by atoms with Crippen molar-refractivity contribution in [1.29, 1.82) is 0 Å². The third kappa shape index (κ3) is 7.14. The lowest BCUT2D eigenvalue weighted by atomic mass is 10.2. The van der Waals surface area contributed by atoms with E-state index in [1.165, 1.54) is 4.90 Å². The van der Waals surface area contributed by atoms with E-state index in [-0.39, 0.29) is 30.5 Å². The molecule has 0 aromatic heterocycles. The molecule has 8 heteroatoms. The number of hydrogen-bond donors (Lipinski definition) is 2. The van der Waals surface area contributed by atoms with Crippen LogP contribution in [0.1, 0.15) is 5.56 Å². The molecule has 0 radical (unpaired) electrons. The third-order valence-electron chi connectivity index (χ3n) is 2.44. The summed E-state index contributed by atoms with van der Waals surface area (Å²) in [6, 6.07) is 7.33. The highest BCUT2D eigenvalue weighted by atomic mass is 79.9. The number of aliphatic carboxylic acids is 1. The fraction of sp³-hybridized carbons (Fsp3) is 0.308. The first-order valence-electron chi connectivity index (χ1n) is 5.98. The minimum absolute atomic E-state index is 0.00386. The summed E-state index contributed by atoms with van der Waals surface area (Å²) in [7, 11) is 0. The Bertz CT molecular complexity index is 521. The second-order valence-electron chi connectivity index (χ2n) is 4.23. The number of carboxylic acids is 1. The lowest BCUT2D eigenvalue weighted by Gasteiger charge is -2.21. The van der Waals surface area contributed by atoms with Crippen molar-refractivity contribution in [1.82, 2.24) is 4.90 Å². The molecular formula is C13H15BrN2O4S. The van der Waals surface area contributed by atoms with E-state index >= 15 is 0 Å². The van der Waals surface area contributed by atoms with Crippen LogP contribution in [0.4, 0.5) is 0 Å². The molecule has 0 spiro atoms. The molecule has 0 unspecified atom stereocenters. The summed E-state index contributed by atoms with van der Waals surface area (Å²) in [6.07, 6.45) is 0. The molecule has 114 valence electrons. The van der Waals surface area contributed by atoms with Crippen molar-refractivity contribution >= 4 is 45.5 Å². The molecule has 0 aliphatic rings. The van der Waals surface area contributed by atoms with Gasteiger partial charge in [-0.25, -0.2) is 0 Å². The molecule has 0 atom stereocenters. The van der Waals surface area contributed by atoms with E-state index in [1.807, 2.05) is 24.3 Å². The van der Waals surface area contributed by atoms with E-state index in [2.05, 4.69) is 15.9 Å². The molecule has 3 N–H and O–H groups in total. The number of primary amides is 1. The van der Waals surface area contributed by atoms with Gasteiger partial charge in [0, 0.05) is 11.0 Å². The fourth-order valence-corrected chi connectivity index (χ4v) is 2.45. The van der Waals surface area contributed by atoms with E-state index in [0.717, 1.165) is 21.8 Å². The molecule has 0 saturated heterocycles. The average Bonchev–Trinajstić information content (AvgIpc) is 2.39. The third-order valence-corrected chi connectivity index (χ3v) is 3.87. The molecule has 0 heterocycles. The molecule has 6 nitrogen and oxygen atoms in total. The van der Waals surface area contributed by atoms with E-state index in [9.17, 15) is 14.4 Å². The van der Waals surface area contributed by atoms with Crippen molar-refractivity contribution in [3.63, 3.8) is 0 Å². The predicted octanol–water partition coefficient (Wildman–Crippen LogP) is 1.08. The second-order valence-corrected chi connectivity index (χ2v) is 6.13. The molecule has 2 amide bonds. The number of thioether (sulfide) groups is 1. The van der Waals surface area contributed by atoms with Crippen molar-refractivity contribution in [2.75, 3.05) is 18.1 Å². The van der Waals surface area contributed by atoms with Crippen molar-refractivity contribution in [3.05, 3.63) is 34.3 Å². The predicted molar refractivity (Wildman–Crippen MR) is 83.7 cm³/mol. The van der Waals surface area contributed by atoms with Gasteiger partial charge in [0.2, 0.25) is 11.8 Å². The van der Waals surface area contributed by atoms with Gasteiger partial charge in [-0.15, -0.1) is 11.8 Å². The molecule has 0 aliphatic carbocycles. The quantitative estimate of drug-likeness (QED) is 0.708. The summed E-state index contributed by atoms with van der Waals surface area (Å²) in [5.74, 6) is -2.07. The first-order chi connectivity index (χ1) is 9.88. The van der Waals surface area contributed by atoms with Crippen LogP contribution in [0, 0.1) is 0 Å². The topological polar surface area (TPSA) is 101 Å². The summed E-state index contributed by atoms with van der Waals surface area (Å²) >= 11 is 4.30. The Morgan fingerprint density at radius 2 is 1.81 bits per heavy atom. The second kappa shape index (κ2) is 8.68. The number of rotatable bonds is 8. The lowest BCUT2D eigenvalue weighted by molar-refractivity contribution is -0.134. The van der Waals surface area contributed by atoms with E-state index in [4.69, 9.17) is 10.8 Å². The molecule has 0 fully saturated rings. The number of hydrogen-bond acceptors (Lipinski definition) is 4. The Morgan fingerprint density at radius 3 is 2.33 bits per heavy atom. The van der Waals surface area contributed by atoms with Crippen LogP contribution in [0.5, 0.6) is 0 Å². The van der Waals surface area contributed by atoms with E-state index < -0.39 is 11.9 Å². The molecule has 0 aliphatic heterocycles. The average molecular weight is 375 g/mol. The maximum atomic E-state index is 12.0. The number of amides is 2. The first kappa shape index (κ1) is 17.5. The fourth-order valence-electron chi connectivity index (χ4n) is 1.55. The van der Waals surface area contributed by atoms with Gasteiger partial charge >= 0.3 is 5.97 Å². The molecule has 1 aromatic carbocycles. The zero-order valence-corrected chi connectivity index (χ0v) is 13.5. The summed E-state index contributed by atoms with van der Waals surface area (Å²) in [5, 5.41) is 8.55. The van der Waals surface area contributed by atoms with Gasteiger partial charge < -0.3 is 15.7 Å². The Kier molecular flexibility index (Phi) is 7.24. The number of halogens is 1. The normalized spacial score (nSPS) is 10.1. The smallest absolute Gasteiger partial charge is 0.313 e. The Hall–Kier alpha value is -1.54. The molecule has 1 aromatic rings. The maximum absolute atomic E-state index is 12.0. The van der Waals surface area contributed by atoms with E-state index in [1.54, 1.807) is 0 Å².